The minimum absolute atomic E-state index is 0.175. The maximum absolute atomic E-state index is 11.8. The molecule has 0 saturated carbocycles. The van der Waals surface area contributed by atoms with Gasteiger partial charge in [-0.3, -0.25) is 19.6 Å². The number of rotatable bonds is 8. The summed E-state index contributed by atoms with van der Waals surface area (Å²) in [5, 5.41) is 18.2. The molecule has 1 heterocycles. The van der Waals surface area contributed by atoms with Gasteiger partial charge in [-0.25, -0.2) is 5.43 Å². The number of carbonyl (C=O) groups is 1. The third-order valence-electron chi connectivity index (χ3n) is 3.65. The predicted octanol–water partition coefficient (Wildman–Crippen LogP) is 2.52. The molecule has 28 heavy (non-hydrogen) atoms. The molecular formula is C19H17N5O4. The first-order valence-corrected chi connectivity index (χ1v) is 8.36. The Balaban J connectivity index is 1.50. The number of ether oxygens (including phenoxy) is 1. The van der Waals surface area contributed by atoms with Gasteiger partial charge in [0.25, 0.3) is 5.91 Å². The van der Waals surface area contributed by atoms with Gasteiger partial charge in [0.1, 0.15) is 31.3 Å². The van der Waals surface area contributed by atoms with Crippen LogP contribution in [0.5, 0.6) is 5.75 Å². The number of benzene rings is 2. The van der Waals surface area contributed by atoms with Gasteiger partial charge in [-0.1, -0.05) is 42.5 Å². The number of nitrogens with zero attached hydrogens (tertiary/aromatic N) is 4. The second-order valence-electron chi connectivity index (χ2n) is 5.79. The van der Waals surface area contributed by atoms with Gasteiger partial charge >= 0.3 is 5.69 Å². The predicted molar refractivity (Wildman–Crippen MR) is 102 cm³/mol. The van der Waals surface area contributed by atoms with Crippen molar-refractivity contribution < 1.29 is 14.5 Å². The van der Waals surface area contributed by atoms with Crippen molar-refractivity contribution in [1.82, 2.24) is 15.2 Å². The Morgan fingerprint density at radius 1 is 1.25 bits per heavy atom. The molecule has 0 bridgehead atoms. The molecule has 0 radical (unpaired) electrons. The molecule has 3 rings (SSSR count). The maximum atomic E-state index is 11.8. The highest BCUT2D eigenvalue weighted by molar-refractivity contribution is 5.82. The molecule has 142 valence electrons. The van der Waals surface area contributed by atoms with Gasteiger partial charge in [-0.05, 0) is 23.3 Å². The first kappa shape index (κ1) is 18.8. The fraction of sp³-hybridized carbons (Fsp3) is 0.105. The number of aromatic nitrogens is 2. The molecule has 1 amide bonds. The smallest absolute Gasteiger partial charge is 0.307 e. The minimum Gasteiger partial charge on any atom is -0.489 e. The van der Waals surface area contributed by atoms with E-state index in [0.29, 0.717) is 12.4 Å². The second kappa shape index (κ2) is 9.08. The maximum Gasteiger partial charge on any atom is 0.307 e. The summed E-state index contributed by atoms with van der Waals surface area (Å²) in [5.74, 6) is 0.230. The molecule has 9 nitrogen and oxygen atoms in total. The van der Waals surface area contributed by atoms with E-state index in [2.05, 4.69) is 15.6 Å². The van der Waals surface area contributed by atoms with Crippen LogP contribution in [0.2, 0.25) is 0 Å². The van der Waals surface area contributed by atoms with Crippen LogP contribution in [-0.2, 0) is 17.9 Å². The summed E-state index contributed by atoms with van der Waals surface area (Å²) in [6, 6.07) is 17.1. The van der Waals surface area contributed by atoms with Gasteiger partial charge in [-0.15, -0.1) is 0 Å². The van der Waals surface area contributed by atoms with Crippen molar-refractivity contribution in [2.75, 3.05) is 0 Å². The standard InChI is InChI=1S/C19H17N5O4/c25-19(13-23-12-17(11-21-23)24(26)27)22-20-10-16-7-4-8-18(9-16)28-14-15-5-2-1-3-6-15/h1-12H,13-14H2,(H,22,25). The monoisotopic (exact) mass is 379 g/mol. The first-order valence-electron chi connectivity index (χ1n) is 8.36. The Kier molecular flexibility index (Phi) is 6.09. The quantitative estimate of drug-likeness (QED) is 0.367. The molecule has 3 aromatic rings. The van der Waals surface area contributed by atoms with Crippen LogP contribution in [0, 0.1) is 10.1 Å². The van der Waals surface area contributed by atoms with Gasteiger partial charge in [-0.2, -0.15) is 10.2 Å². The van der Waals surface area contributed by atoms with Gasteiger partial charge in [0.2, 0.25) is 0 Å². The number of hydrazone groups is 1. The van der Waals surface area contributed by atoms with Gasteiger partial charge in [0.05, 0.1) is 11.1 Å². The molecule has 0 unspecified atom stereocenters. The van der Waals surface area contributed by atoms with Crippen LogP contribution in [0.15, 0.2) is 72.1 Å². The largest absolute Gasteiger partial charge is 0.489 e. The molecular weight excluding hydrogens is 362 g/mol. The second-order valence-corrected chi connectivity index (χ2v) is 5.79. The Hall–Kier alpha value is -4.01. The number of carbonyl (C=O) groups excluding carboxylic acids is 1. The summed E-state index contributed by atoms with van der Waals surface area (Å²) in [5.41, 5.74) is 3.99. The topological polar surface area (TPSA) is 112 Å². The van der Waals surface area contributed by atoms with Crippen molar-refractivity contribution in [1.29, 1.82) is 0 Å². The molecule has 9 heteroatoms. The molecule has 0 saturated heterocycles. The summed E-state index contributed by atoms with van der Waals surface area (Å²) in [6.45, 7) is 0.277. The van der Waals surface area contributed by atoms with Crippen molar-refractivity contribution in [2.45, 2.75) is 13.2 Å². The summed E-state index contributed by atoms with van der Waals surface area (Å²) in [6.07, 6.45) is 3.74. The average Bonchev–Trinajstić information content (AvgIpc) is 3.16. The fourth-order valence-electron chi connectivity index (χ4n) is 2.32. The Bertz CT molecular complexity index is 985. The van der Waals surface area contributed by atoms with Crippen LogP contribution >= 0.6 is 0 Å². The van der Waals surface area contributed by atoms with Crippen LogP contribution < -0.4 is 10.2 Å². The lowest BCUT2D eigenvalue weighted by molar-refractivity contribution is -0.385. The number of nitrogens with one attached hydrogen (secondary N) is 1. The zero-order valence-corrected chi connectivity index (χ0v) is 14.8. The van der Waals surface area contributed by atoms with Crippen molar-refractivity contribution in [3.63, 3.8) is 0 Å². The van der Waals surface area contributed by atoms with Crippen LogP contribution in [-0.4, -0.2) is 26.8 Å². The average molecular weight is 379 g/mol. The number of amides is 1. The van der Waals surface area contributed by atoms with E-state index in [-0.39, 0.29) is 12.2 Å². The highest BCUT2D eigenvalue weighted by Crippen LogP contribution is 2.14. The van der Waals surface area contributed by atoms with Crippen LogP contribution in [0.1, 0.15) is 11.1 Å². The zero-order valence-electron chi connectivity index (χ0n) is 14.8. The lowest BCUT2D eigenvalue weighted by Crippen LogP contribution is -2.23. The zero-order chi connectivity index (χ0) is 19.8. The Labute approximate surface area is 160 Å². The van der Waals surface area contributed by atoms with E-state index in [4.69, 9.17) is 4.74 Å². The summed E-state index contributed by atoms with van der Waals surface area (Å²) < 4.78 is 6.91. The molecule has 0 aliphatic rings. The Morgan fingerprint density at radius 3 is 2.82 bits per heavy atom. The van der Waals surface area contributed by atoms with Gasteiger partial charge < -0.3 is 4.74 Å². The van der Waals surface area contributed by atoms with E-state index in [9.17, 15) is 14.9 Å². The van der Waals surface area contributed by atoms with E-state index < -0.39 is 10.8 Å². The van der Waals surface area contributed by atoms with Crippen molar-refractivity contribution >= 4 is 17.8 Å². The highest BCUT2D eigenvalue weighted by Gasteiger charge is 2.10. The molecule has 0 spiro atoms. The molecule has 0 atom stereocenters. The number of nitro groups is 1. The number of hydrogen-bond donors (Lipinski definition) is 1. The van der Waals surface area contributed by atoms with Crippen LogP contribution in [0.3, 0.4) is 0 Å². The van der Waals surface area contributed by atoms with Crippen molar-refractivity contribution in [2.24, 2.45) is 5.10 Å². The van der Waals surface area contributed by atoms with E-state index >= 15 is 0 Å². The Morgan fingerprint density at radius 2 is 2.07 bits per heavy atom. The molecule has 0 fully saturated rings. The van der Waals surface area contributed by atoms with Crippen LogP contribution in [0.25, 0.3) is 0 Å². The third-order valence-corrected chi connectivity index (χ3v) is 3.65. The summed E-state index contributed by atoms with van der Waals surface area (Å²) in [7, 11) is 0. The molecule has 1 N–H and O–H groups in total. The molecule has 0 aliphatic carbocycles. The van der Waals surface area contributed by atoms with E-state index in [0.717, 1.165) is 17.3 Å². The van der Waals surface area contributed by atoms with Gasteiger partial charge in [0, 0.05) is 0 Å². The third kappa shape index (κ3) is 5.49. The summed E-state index contributed by atoms with van der Waals surface area (Å²) in [4.78, 5) is 21.9. The SMILES string of the molecule is O=C(Cn1cc([N+](=O)[O-])cn1)NN=Cc1cccc(OCc2ccccc2)c1. The molecule has 0 aliphatic heterocycles. The van der Waals surface area contributed by atoms with Crippen molar-refractivity contribution in [3.8, 4) is 5.75 Å². The summed E-state index contributed by atoms with van der Waals surface area (Å²) >= 11 is 0. The lowest BCUT2D eigenvalue weighted by atomic mass is 10.2. The first-order chi connectivity index (χ1) is 13.6. The van der Waals surface area contributed by atoms with E-state index in [1.165, 1.54) is 17.1 Å². The van der Waals surface area contributed by atoms with Crippen LogP contribution in [0.4, 0.5) is 5.69 Å². The van der Waals surface area contributed by atoms with Gasteiger partial charge in [0.15, 0.2) is 0 Å². The number of hydrogen-bond acceptors (Lipinski definition) is 6. The highest BCUT2D eigenvalue weighted by atomic mass is 16.6. The minimum atomic E-state index is -0.577. The van der Waals surface area contributed by atoms with E-state index in [1.807, 2.05) is 48.5 Å². The van der Waals surface area contributed by atoms with E-state index in [1.54, 1.807) is 6.07 Å². The lowest BCUT2D eigenvalue weighted by Gasteiger charge is -2.06. The fourth-order valence-corrected chi connectivity index (χ4v) is 2.32. The molecule has 1 aromatic heterocycles. The van der Waals surface area contributed by atoms with Crippen molar-refractivity contribution in [3.05, 3.63) is 88.2 Å². The normalized spacial score (nSPS) is 10.7. The molecule has 2 aromatic carbocycles.